The van der Waals surface area contributed by atoms with E-state index >= 15 is 0 Å². The normalized spacial score (nSPS) is 12.0. The van der Waals surface area contributed by atoms with Gasteiger partial charge in [0.1, 0.15) is 0 Å². The summed E-state index contributed by atoms with van der Waals surface area (Å²) in [6, 6.07) is 0. The molecule has 104 valence electrons. The first-order valence-corrected chi connectivity index (χ1v) is 7.32. The Balaban J connectivity index is 2.99. The molecule has 0 spiro atoms. The number of hydrogen-bond donors (Lipinski definition) is 1. The topological polar surface area (TPSA) is 29.5 Å². The van der Waals surface area contributed by atoms with Crippen LogP contribution in [0.5, 0.6) is 0 Å². The molecule has 2 nitrogen and oxygen atoms in total. The van der Waals surface area contributed by atoms with E-state index in [-0.39, 0.29) is 0 Å². The van der Waals surface area contributed by atoms with Gasteiger partial charge >= 0.3 is 0 Å². The second kappa shape index (κ2) is 11.0. The average Bonchev–Trinajstić information content (AvgIpc) is 2.24. The van der Waals surface area contributed by atoms with E-state index in [9.17, 15) is 0 Å². The zero-order chi connectivity index (χ0) is 13.0. The maximum atomic E-state index is 8.15. The van der Waals surface area contributed by atoms with Gasteiger partial charge in [-0.05, 0) is 18.3 Å². The van der Waals surface area contributed by atoms with Gasteiger partial charge in [0.25, 0.3) is 0 Å². The minimum Gasteiger partial charge on any atom is -0.252 e. The van der Waals surface area contributed by atoms with E-state index in [1.807, 2.05) is 0 Å². The van der Waals surface area contributed by atoms with Gasteiger partial charge in [0.2, 0.25) is 0 Å². The Bertz CT molecular complexity index is 149. The summed E-state index contributed by atoms with van der Waals surface area (Å²) in [5.74, 6) is 0. The van der Waals surface area contributed by atoms with Crippen molar-refractivity contribution < 1.29 is 10.1 Å². The Morgan fingerprint density at radius 1 is 0.706 bits per heavy atom. The van der Waals surface area contributed by atoms with Gasteiger partial charge in [-0.2, -0.15) is 0 Å². The molecule has 0 aliphatic rings. The maximum Gasteiger partial charge on any atom is 0.0819 e. The molecule has 0 atom stereocenters. The molecule has 0 bridgehead atoms. The van der Waals surface area contributed by atoms with E-state index in [4.69, 9.17) is 5.26 Å². The van der Waals surface area contributed by atoms with Gasteiger partial charge in [-0.1, -0.05) is 72.1 Å². The highest BCUT2D eigenvalue weighted by molar-refractivity contribution is 4.61. The molecule has 0 aliphatic heterocycles. The van der Waals surface area contributed by atoms with Crippen molar-refractivity contribution >= 4 is 0 Å². The summed E-state index contributed by atoms with van der Waals surface area (Å²) in [6.45, 7) is 7.46. The molecule has 0 rings (SSSR count). The summed E-state index contributed by atoms with van der Waals surface area (Å²) in [5.41, 5.74) is 0.509. The molecule has 0 aromatic rings. The van der Waals surface area contributed by atoms with Crippen LogP contribution in [0, 0.1) is 5.41 Å². The summed E-state index contributed by atoms with van der Waals surface area (Å²) in [6.07, 6.45) is 13.1. The highest BCUT2D eigenvalue weighted by Gasteiger charge is 2.08. The van der Waals surface area contributed by atoms with Gasteiger partial charge in [0.05, 0.1) is 6.61 Å². The molecular weight excluding hydrogens is 212 g/mol. The van der Waals surface area contributed by atoms with Crippen molar-refractivity contribution in [2.24, 2.45) is 5.41 Å². The Morgan fingerprint density at radius 3 is 1.53 bits per heavy atom. The first kappa shape index (κ1) is 16.9. The minimum absolute atomic E-state index is 0.493. The van der Waals surface area contributed by atoms with E-state index in [0.717, 1.165) is 6.42 Å². The number of unbranched alkanes of at least 4 members (excludes halogenated alkanes) is 8. The van der Waals surface area contributed by atoms with Gasteiger partial charge in [0.15, 0.2) is 0 Å². The molecule has 0 saturated heterocycles. The van der Waals surface area contributed by atoms with Crippen LogP contribution in [0.1, 0.15) is 85.0 Å². The monoisotopic (exact) mass is 244 g/mol. The van der Waals surface area contributed by atoms with Crippen LogP contribution in [0.4, 0.5) is 0 Å². The Labute approximate surface area is 108 Å². The lowest BCUT2D eigenvalue weighted by Crippen LogP contribution is -2.03. The SMILES string of the molecule is CC(C)(C)CCCCCCCCCCCOO. The van der Waals surface area contributed by atoms with E-state index in [1.54, 1.807) is 0 Å². The smallest absolute Gasteiger partial charge is 0.0819 e. The summed E-state index contributed by atoms with van der Waals surface area (Å²) in [5, 5.41) is 8.15. The van der Waals surface area contributed by atoms with Gasteiger partial charge in [0, 0.05) is 0 Å². The molecule has 0 heterocycles. The predicted octanol–water partition coefficient (Wildman–Crippen LogP) is 5.42. The summed E-state index contributed by atoms with van der Waals surface area (Å²) in [4.78, 5) is 4.04. The largest absolute Gasteiger partial charge is 0.252 e. The Hall–Kier alpha value is -0.0800. The van der Waals surface area contributed by atoms with Gasteiger partial charge in [-0.25, -0.2) is 4.89 Å². The number of hydrogen-bond acceptors (Lipinski definition) is 2. The molecule has 0 amide bonds. The molecule has 0 aromatic heterocycles. The highest BCUT2D eigenvalue weighted by Crippen LogP contribution is 2.22. The van der Waals surface area contributed by atoms with Crippen LogP contribution in [-0.2, 0) is 4.89 Å². The fourth-order valence-corrected chi connectivity index (χ4v) is 2.06. The lowest BCUT2D eigenvalue weighted by Gasteiger charge is -2.17. The van der Waals surface area contributed by atoms with Crippen LogP contribution < -0.4 is 0 Å². The second-order valence-corrected chi connectivity index (χ2v) is 6.33. The Morgan fingerprint density at radius 2 is 1.12 bits per heavy atom. The van der Waals surface area contributed by atoms with Crippen LogP contribution in [0.15, 0.2) is 0 Å². The van der Waals surface area contributed by atoms with Gasteiger partial charge < -0.3 is 0 Å². The lowest BCUT2D eigenvalue weighted by atomic mass is 9.89. The highest BCUT2D eigenvalue weighted by atomic mass is 17.1. The van der Waals surface area contributed by atoms with Crippen LogP contribution >= 0.6 is 0 Å². The quantitative estimate of drug-likeness (QED) is 0.298. The maximum absolute atomic E-state index is 8.15. The van der Waals surface area contributed by atoms with Gasteiger partial charge in [-0.3, -0.25) is 5.26 Å². The van der Waals surface area contributed by atoms with Crippen molar-refractivity contribution in [2.45, 2.75) is 85.0 Å². The van der Waals surface area contributed by atoms with Crippen molar-refractivity contribution in [3.05, 3.63) is 0 Å². The molecule has 0 saturated carbocycles. The minimum atomic E-state index is 0.493. The molecule has 17 heavy (non-hydrogen) atoms. The number of rotatable bonds is 11. The summed E-state index contributed by atoms with van der Waals surface area (Å²) in [7, 11) is 0. The fourth-order valence-electron chi connectivity index (χ4n) is 2.06. The average molecular weight is 244 g/mol. The standard InChI is InChI=1S/C15H32O2/c1-15(2,3)13-11-9-7-5-4-6-8-10-12-14-17-16/h16H,4-14H2,1-3H3. The molecule has 0 unspecified atom stereocenters. The molecule has 0 radical (unpaired) electrons. The molecule has 0 fully saturated rings. The molecule has 0 aliphatic carbocycles. The third kappa shape index (κ3) is 15.9. The first-order chi connectivity index (χ1) is 8.06. The van der Waals surface area contributed by atoms with Crippen molar-refractivity contribution in [3.63, 3.8) is 0 Å². The van der Waals surface area contributed by atoms with E-state index in [2.05, 4.69) is 25.7 Å². The van der Waals surface area contributed by atoms with Crippen LogP contribution in [0.25, 0.3) is 0 Å². The third-order valence-corrected chi connectivity index (χ3v) is 3.16. The summed E-state index contributed by atoms with van der Waals surface area (Å²) < 4.78 is 0. The van der Waals surface area contributed by atoms with E-state index in [0.29, 0.717) is 12.0 Å². The molecule has 0 aromatic carbocycles. The fraction of sp³-hybridized carbons (Fsp3) is 1.00. The van der Waals surface area contributed by atoms with Crippen LogP contribution in [-0.4, -0.2) is 11.9 Å². The molecule has 2 heteroatoms. The Kier molecular flexibility index (Phi) is 11.0. The van der Waals surface area contributed by atoms with Crippen LogP contribution in [0.2, 0.25) is 0 Å². The van der Waals surface area contributed by atoms with E-state index in [1.165, 1.54) is 57.8 Å². The third-order valence-electron chi connectivity index (χ3n) is 3.16. The van der Waals surface area contributed by atoms with Crippen LogP contribution in [0.3, 0.4) is 0 Å². The second-order valence-electron chi connectivity index (χ2n) is 6.33. The lowest BCUT2D eigenvalue weighted by molar-refractivity contribution is -0.242. The van der Waals surface area contributed by atoms with Crippen molar-refractivity contribution in [1.82, 2.24) is 0 Å². The molecular formula is C15H32O2. The zero-order valence-corrected chi connectivity index (χ0v) is 12.1. The first-order valence-electron chi connectivity index (χ1n) is 7.32. The molecule has 1 N–H and O–H groups in total. The van der Waals surface area contributed by atoms with E-state index < -0.39 is 0 Å². The summed E-state index contributed by atoms with van der Waals surface area (Å²) >= 11 is 0. The predicted molar refractivity (Wildman–Crippen MR) is 74.2 cm³/mol. The van der Waals surface area contributed by atoms with Gasteiger partial charge in [-0.15, -0.1) is 0 Å². The zero-order valence-electron chi connectivity index (χ0n) is 12.1. The van der Waals surface area contributed by atoms with Crippen molar-refractivity contribution in [2.75, 3.05) is 6.61 Å². The van der Waals surface area contributed by atoms with Crippen molar-refractivity contribution in [1.29, 1.82) is 0 Å². The van der Waals surface area contributed by atoms with Crippen molar-refractivity contribution in [3.8, 4) is 0 Å².